The molecule has 0 saturated heterocycles. The van der Waals surface area contributed by atoms with Gasteiger partial charge in [-0.05, 0) is 239 Å². The van der Waals surface area contributed by atoms with Crippen molar-refractivity contribution in [2.75, 3.05) is 0 Å². The SMILES string of the molecule is Cc1cc(C)nc(-c2cc(-c3nc(-c4ccccc4)nc(-c4ccccc4)n3)cc(-c3cc4ccccc4c4ccccc34)c2)n1.Cc1ccc(-c2cc(-c3nc(-c4ccccc4)nc(-c4ccccc4)n3)cc(-c3cc4ccccc4c4ccccc34)c2)cn1.Cc1cccc(-c2ccc(-c3cc(-c4nc(-c5ccccc5)nc(-c5ccccc5)n4)cc(-c4c5ccccc5cc5ccccc45)c3)cc2)n1. The number of aryl methyl sites for hydroxylation is 4. The van der Waals surface area contributed by atoms with Crippen molar-refractivity contribution in [3.63, 3.8) is 0 Å². The molecule has 13 heteroatoms. The van der Waals surface area contributed by atoms with Crippen LogP contribution >= 0.6 is 0 Å². The molecule has 19 aromatic carbocycles. The van der Waals surface area contributed by atoms with Crippen molar-refractivity contribution in [2.45, 2.75) is 27.7 Å². The van der Waals surface area contributed by atoms with E-state index in [0.717, 1.165) is 140 Å². The molecule has 0 aliphatic rings. The molecule has 0 aliphatic carbocycles. The largest absolute Gasteiger partial charge is 0.261 e. The first-order valence-corrected chi connectivity index (χ1v) is 47.5. The van der Waals surface area contributed by atoms with E-state index in [1.807, 2.05) is 228 Å². The maximum Gasteiger partial charge on any atom is 0.164 e. The zero-order chi connectivity index (χ0) is 95.4. The van der Waals surface area contributed by atoms with Crippen molar-refractivity contribution in [2.24, 2.45) is 0 Å². The molecule has 0 spiro atoms. The first-order valence-electron chi connectivity index (χ1n) is 47.5. The van der Waals surface area contributed by atoms with Crippen molar-refractivity contribution < 1.29 is 0 Å². The Kier molecular flexibility index (Phi) is 23.8. The monoisotopic (exact) mass is 1820 g/mol. The summed E-state index contributed by atoms with van der Waals surface area (Å²) in [5.41, 5.74) is 26.0. The highest BCUT2D eigenvalue weighted by atomic mass is 15.1. The van der Waals surface area contributed by atoms with Crippen LogP contribution in [0.4, 0.5) is 0 Å². The number of hydrogen-bond acceptors (Lipinski definition) is 13. The van der Waals surface area contributed by atoms with Gasteiger partial charge < -0.3 is 0 Å². The molecule has 0 amide bonds. The minimum absolute atomic E-state index is 0.588. The summed E-state index contributed by atoms with van der Waals surface area (Å²) in [6.07, 6.45) is 1.94. The average molecular weight is 1820 g/mol. The van der Waals surface area contributed by atoms with Gasteiger partial charge in [-0.15, -0.1) is 0 Å². The van der Waals surface area contributed by atoms with Gasteiger partial charge in [0.15, 0.2) is 58.2 Å². The number of aromatic nitrogens is 13. The standard InChI is InChI=1S/C47H32N4.C41H29N5.C41H28N4/c1-31-13-12-22-43(48-31)33-25-23-32(24-26-33)38-28-39(44-41-20-10-8-18-36(41)27-37-19-9-11-21-42(37)44)30-40(29-38)47-50-45(34-14-4-2-5-15-34)49-46(51-47)35-16-6-3-7-17-35;1-26-21-27(2)43-40(42-26)32-22-31(37-25-30-17-9-10-18-34(30)35-19-11-12-20-36(35)37)23-33(24-32)41-45-38(28-13-5-3-6-14-28)44-39(46-41)29-15-7-4-8-16-29;1-27-20-21-31(26-42-27)32-22-33(38-25-30-16-8-9-17-35(30)36-18-10-11-19-37(36)38)24-34(23-32)41-44-39(28-12-4-2-5-13-28)43-40(45-41)29-14-6-3-7-15-29/h2-30H,1H3;3-25H,1-2H3;2-26H,1H3. The minimum atomic E-state index is 0.588. The van der Waals surface area contributed by atoms with Crippen molar-refractivity contribution in [3.8, 4) is 181 Å². The molecule has 25 aromatic rings. The predicted molar refractivity (Wildman–Crippen MR) is 582 cm³/mol. The van der Waals surface area contributed by atoms with Crippen LogP contribution in [0.2, 0.25) is 0 Å². The number of hydrogen-bond donors (Lipinski definition) is 0. The molecule has 0 radical (unpaired) electrons. The molecule has 25 rings (SSSR count). The van der Waals surface area contributed by atoms with Gasteiger partial charge in [-0.3, -0.25) is 9.97 Å². The van der Waals surface area contributed by atoms with Gasteiger partial charge in [-0.1, -0.05) is 364 Å². The lowest BCUT2D eigenvalue weighted by Crippen LogP contribution is -2.01. The first kappa shape index (κ1) is 87.2. The maximum atomic E-state index is 5.13. The molecule has 0 atom stereocenters. The maximum absolute atomic E-state index is 5.13. The average Bonchev–Trinajstić information content (AvgIpc) is 0.762. The van der Waals surface area contributed by atoms with Gasteiger partial charge in [0.2, 0.25) is 0 Å². The molecule has 0 bridgehead atoms. The van der Waals surface area contributed by atoms with Crippen molar-refractivity contribution in [1.29, 1.82) is 0 Å². The lowest BCUT2D eigenvalue weighted by molar-refractivity contribution is 1.06. The molecule has 0 fully saturated rings. The van der Waals surface area contributed by atoms with Gasteiger partial charge in [0.25, 0.3) is 0 Å². The summed E-state index contributed by atoms with van der Waals surface area (Å²) >= 11 is 0. The van der Waals surface area contributed by atoms with E-state index in [1.54, 1.807) is 0 Å². The van der Waals surface area contributed by atoms with Crippen LogP contribution < -0.4 is 0 Å². The zero-order valence-electron chi connectivity index (χ0n) is 78.3. The zero-order valence-corrected chi connectivity index (χ0v) is 78.3. The third-order valence-corrected chi connectivity index (χ3v) is 25.8. The van der Waals surface area contributed by atoms with E-state index in [9.17, 15) is 0 Å². The first-order chi connectivity index (χ1) is 69.9. The molecule has 13 nitrogen and oxygen atoms in total. The molecule has 0 N–H and O–H groups in total. The summed E-state index contributed by atoms with van der Waals surface area (Å²) in [6.45, 7) is 8.04. The van der Waals surface area contributed by atoms with Crippen LogP contribution in [0.5, 0.6) is 0 Å². The highest BCUT2D eigenvalue weighted by Crippen LogP contribution is 2.45. The van der Waals surface area contributed by atoms with Gasteiger partial charge in [-0.25, -0.2) is 54.8 Å². The number of nitrogens with zero attached hydrogens (tertiary/aromatic N) is 13. The smallest absolute Gasteiger partial charge is 0.164 e. The molecule has 142 heavy (non-hydrogen) atoms. The molecule has 0 aliphatic heterocycles. The number of benzene rings is 19. The fourth-order valence-electron chi connectivity index (χ4n) is 18.9. The molecule has 670 valence electrons. The second-order valence-electron chi connectivity index (χ2n) is 35.5. The van der Waals surface area contributed by atoms with Gasteiger partial charge in [0, 0.05) is 95.7 Å². The van der Waals surface area contributed by atoms with Crippen LogP contribution in [-0.2, 0) is 0 Å². The Morgan fingerprint density at radius 1 is 0.134 bits per heavy atom. The topological polar surface area (TPSA) is 168 Å². The normalized spacial score (nSPS) is 11.2. The summed E-state index contributed by atoms with van der Waals surface area (Å²) < 4.78 is 0. The Labute approximate surface area is 822 Å². The van der Waals surface area contributed by atoms with Gasteiger partial charge in [0.1, 0.15) is 0 Å². The summed E-state index contributed by atoms with van der Waals surface area (Å²) in [7, 11) is 0. The number of rotatable bonds is 16. The van der Waals surface area contributed by atoms with Crippen LogP contribution in [0.25, 0.3) is 245 Å². The summed E-state index contributed by atoms with van der Waals surface area (Å²) in [4.78, 5) is 64.3. The Morgan fingerprint density at radius 2 is 0.408 bits per heavy atom. The van der Waals surface area contributed by atoms with Crippen molar-refractivity contribution in [3.05, 3.63) is 490 Å². The molecule has 6 heterocycles. The van der Waals surface area contributed by atoms with Crippen LogP contribution in [-0.4, -0.2) is 64.8 Å². The van der Waals surface area contributed by atoms with E-state index >= 15 is 0 Å². The molecule has 0 saturated carbocycles. The fraction of sp³-hybridized carbons (Fsp3) is 0.0310. The molecular formula is C129H89N13. The highest BCUT2D eigenvalue weighted by Gasteiger charge is 2.24. The van der Waals surface area contributed by atoms with Crippen molar-refractivity contribution >= 4 is 64.6 Å². The van der Waals surface area contributed by atoms with E-state index < -0.39 is 0 Å². The highest BCUT2D eigenvalue weighted by molar-refractivity contribution is 6.17. The predicted octanol–water partition coefficient (Wildman–Crippen LogP) is 32.0. The second-order valence-corrected chi connectivity index (χ2v) is 35.5. The van der Waals surface area contributed by atoms with E-state index in [4.69, 9.17) is 59.8 Å². The van der Waals surface area contributed by atoms with Crippen molar-refractivity contribution in [1.82, 2.24) is 64.8 Å². The van der Waals surface area contributed by atoms with E-state index in [0.29, 0.717) is 58.2 Å². The Hall–Kier alpha value is -18.9. The minimum Gasteiger partial charge on any atom is -0.261 e. The lowest BCUT2D eigenvalue weighted by Gasteiger charge is -2.16. The van der Waals surface area contributed by atoms with Crippen LogP contribution in [0.15, 0.2) is 467 Å². The van der Waals surface area contributed by atoms with E-state index in [1.165, 1.54) is 70.2 Å². The summed E-state index contributed by atoms with van der Waals surface area (Å²) in [5, 5.41) is 14.5. The summed E-state index contributed by atoms with van der Waals surface area (Å²) in [6, 6.07) is 160. The summed E-state index contributed by atoms with van der Waals surface area (Å²) in [5.74, 6) is 6.29. The van der Waals surface area contributed by atoms with Gasteiger partial charge >= 0.3 is 0 Å². The Bertz CT molecular complexity index is 8800. The quantitative estimate of drug-likeness (QED) is 0.0663. The third-order valence-electron chi connectivity index (χ3n) is 25.8. The van der Waals surface area contributed by atoms with Crippen LogP contribution in [0.3, 0.4) is 0 Å². The molecular weight excluding hydrogens is 1730 g/mol. The third kappa shape index (κ3) is 18.3. The van der Waals surface area contributed by atoms with Gasteiger partial charge in [0.05, 0.1) is 5.69 Å². The number of fused-ring (bicyclic) bond motifs is 8. The molecule has 0 unspecified atom stereocenters. The van der Waals surface area contributed by atoms with E-state index in [2.05, 4.69) is 272 Å². The lowest BCUT2D eigenvalue weighted by atomic mass is 9.89. The van der Waals surface area contributed by atoms with E-state index in [-0.39, 0.29) is 0 Å². The second kappa shape index (κ2) is 38.7. The number of pyridine rings is 2. The van der Waals surface area contributed by atoms with Crippen LogP contribution in [0, 0.1) is 27.7 Å². The van der Waals surface area contributed by atoms with Gasteiger partial charge in [-0.2, -0.15) is 0 Å². The fourth-order valence-corrected chi connectivity index (χ4v) is 18.9. The Balaban J connectivity index is 0.000000119. The Morgan fingerprint density at radius 3 is 0.775 bits per heavy atom. The molecule has 6 aromatic heterocycles. The van der Waals surface area contributed by atoms with Crippen LogP contribution in [0.1, 0.15) is 22.8 Å².